The van der Waals surface area contributed by atoms with Gasteiger partial charge in [-0.05, 0) is 6.42 Å². The number of unbranched alkanes of at least 4 members (excludes halogenated alkanes) is 11. The first-order valence-corrected chi connectivity index (χ1v) is 8.45. The molecule has 0 radical (unpaired) electrons. The van der Waals surface area contributed by atoms with Crippen molar-refractivity contribution in [2.75, 3.05) is 0 Å². The predicted molar refractivity (Wildman–Crippen MR) is 88.9 cm³/mol. The molecular weight excluding hydrogens is 260 g/mol. The molecule has 0 aromatic carbocycles. The van der Waals surface area contributed by atoms with Gasteiger partial charge < -0.3 is 5.11 Å². The first kappa shape index (κ1) is 19.6. The van der Waals surface area contributed by atoms with E-state index >= 15 is 0 Å². The number of hydrogen-bond donors (Lipinski definition) is 1. The molecule has 2 heteroatoms. The third-order valence-electron chi connectivity index (χ3n) is 3.40. The van der Waals surface area contributed by atoms with Gasteiger partial charge in [0.05, 0.1) is 6.42 Å². The molecule has 2 nitrogen and oxygen atoms in total. The second-order valence-electron chi connectivity index (χ2n) is 5.42. The molecule has 0 bridgehead atoms. The van der Waals surface area contributed by atoms with Crippen molar-refractivity contribution in [2.24, 2.45) is 0 Å². The molecule has 0 aromatic rings. The minimum atomic E-state index is -1.08. The van der Waals surface area contributed by atoms with Crippen molar-refractivity contribution in [3.63, 3.8) is 0 Å². The summed E-state index contributed by atoms with van der Waals surface area (Å²) >= 11 is 0. The van der Waals surface area contributed by atoms with E-state index < -0.39 is 5.97 Å². The van der Waals surface area contributed by atoms with Gasteiger partial charge in [0.1, 0.15) is 0 Å². The van der Waals surface area contributed by atoms with E-state index in [9.17, 15) is 4.79 Å². The summed E-state index contributed by atoms with van der Waals surface area (Å²) in [7, 11) is 0. The van der Waals surface area contributed by atoms with Crippen molar-refractivity contribution >= 4 is 5.97 Å². The zero-order valence-corrected chi connectivity index (χ0v) is 13.5. The van der Waals surface area contributed by atoms with Gasteiger partial charge in [0.25, 0.3) is 0 Å². The minimum absolute atomic E-state index is 0.365. The summed E-state index contributed by atoms with van der Waals surface area (Å²) in [6.45, 7) is 2.26. The van der Waals surface area contributed by atoms with E-state index in [-0.39, 0.29) is 0 Å². The van der Waals surface area contributed by atoms with Crippen molar-refractivity contribution in [3.05, 3.63) is 0 Å². The average Bonchev–Trinajstić information content (AvgIpc) is 2.46. The fraction of sp³-hybridized carbons (Fsp3) is 0.737. The summed E-state index contributed by atoms with van der Waals surface area (Å²) in [5.41, 5.74) is 0. The Morgan fingerprint density at radius 2 is 1.29 bits per heavy atom. The number of carbonyl (C=O) groups is 1. The van der Waals surface area contributed by atoms with Crippen LogP contribution in [0.25, 0.3) is 0 Å². The molecule has 0 aliphatic rings. The van der Waals surface area contributed by atoms with Gasteiger partial charge in [0, 0.05) is 12.3 Å². The average molecular weight is 290 g/mol. The fourth-order valence-corrected chi connectivity index (χ4v) is 2.19. The second kappa shape index (κ2) is 16.6. The Bertz CT molecular complexity index is 362. The highest BCUT2D eigenvalue weighted by Crippen LogP contribution is 2.11. The number of hydrogen-bond acceptors (Lipinski definition) is 1. The monoisotopic (exact) mass is 290 g/mol. The van der Waals surface area contributed by atoms with Gasteiger partial charge in [-0.1, -0.05) is 83.0 Å². The number of carboxylic acids is 1. The van der Waals surface area contributed by atoms with Crippen molar-refractivity contribution in [2.45, 2.75) is 90.4 Å². The van der Waals surface area contributed by atoms with Gasteiger partial charge in [0.15, 0.2) is 0 Å². The molecule has 0 rings (SSSR count). The lowest BCUT2D eigenvalue weighted by molar-refractivity contribution is -0.130. The van der Waals surface area contributed by atoms with Crippen molar-refractivity contribution < 1.29 is 9.90 Å². The second-order valence-corrected chi connectivity index (χ2v) is 5.42. The Labute approximate surface area is 130 Å². The molecule has 0 saturated carbocycles. The number of aliphatic carboxylic acids is 1. The molecule has 0 aromatic heterocycles. The predicted octanol–water partition coefficient (Wildman–Crippen LogP) is 5.17. The van der Waals surface area contributed by atoms with E-state index in [4.69, 9.17) is 5.11 Å². The van der Waals surface area contributed by atoms with Gasteiger partial charge in [-0.3, -0.25) is 0 Å². The molecule has 0 atom stereocenters. The van der Waals surface area contributed by atoms with Gasteiger partial charge in [-0.2, -0.15) is 0 Å². The van der Waals surface area contributed by atoms with Crippen molar-refractivity contribution in [3.8, 4) is 23.7 Å². The lowest BCUT2D eigenvalue weighted by Gasteiger charge is -2.01. The highest BCUT2D eigenvalue weighted by atomic mass is 16.4. The van der Waals surface area contributed by atoms with E-state index in [1.54, 1.807) is 0 Å². The maximum Gasteiger partial charge on any atom is 0.381 e. The summed E-state index contributed by atoms with van der Waals surface area (Å²) in [5.74, 6) is 9.41. The molecule has 21 heavy (non-hydrogen) atoms. The molecule has 0 fully saturated rings. The Morgan fingerprint density at radius 3 is 1.81 bits per heavy atom. The standard InChI is InChI=1S/C19H30O2/c1-2-3-4-5-6-7-8-9-10-11-12-13-14-15-16-17-18-19(20)21/h2-13,16H2,1H3,(H,20,21). The Morgan fingerprint density at radius 1 is 0.762 bits per heavy atom. The lowest BCUT2D eigenvalue weighted by atomic mass is 10.1. The van der Waals surface area contributed by atoms with Crippen LogP contribution in [0.5, 0.6) is 0 Å². The van der Waals surface area contributed by atoms with Crippen LogP contribution in [0.3, 0.4) is 0 Å². The topological polar surface area (TPSA) is 37.3 Å². The summed E-state index contributed by atoms with van der Waals surface area (Å²) in [5, 5.41) is 8.31. The van der Waals surface area contributed by atoms with E-state index in [0.29, 0.717) is 6.42 Å². The summed E-state index contributed by atoms with van der Waals surface area (Å²) in [6, 6.07) is 0. The molecule has 0 aliphatic heterocycles. The molecule has 1 N–H and O–H groups in total. The van der Waals surface area contributed by atoms with Gasteiger partial charge in [-0.25, -0.2) is 4.79 Å². The van der Waals surface area contributed by atoms with Crippen LogP contribution >= 0.6 is 0 Å². The highest BCUT2D eigenvalue weighted by Gasteiger charge is 1.92. The molecule has 0 aliphatic carbocycles. The molecule has 0 amide bonds. The van der Waals surface area contributed by atoms with Gasteiger partial charge >= 0.3 is 5.97 Å². The Balaban J connectivity index is 3.18. The van der Waals surface area contributed by atoms with Crippen LogP contribution in [0.15, 0.2) is 0 Å². The molecule has 0 heterocycles. The maximum atomic E-state index is 10.1. The third-order valence-corrected chi connectivity index (χ3v) is 3.40. The minimum Gasteiger partial charge on any atom is -0.472 e. The Hall–Kier alpha value is -1.41. The van der Waals surface area contributed by atoms with Crippen LogP contribution in [0.2, 0.25) is 0 Å². The largest absolute Gasteiger partial charge is 0.472 e. The van der Waals surface area contributed by atoms with Gasteiger partial charge in [-0.15, -0.1) is 5.92 Å². The van der Waals surface area contributed by atoms with Crippen LogP contribution in [0, 0.1) is 23.7 Å². The highest BCUT2D eigenvalue weighted by molar-refractivity contribution is 5.86. The summed E-state index contributed by atoms with van der Waals surface area (Å²) < 4.78 is 0. The van der Waals surface area contributed by atoms with E-state index in [1.807, 2.05) is 0 Å². The quantitative estimate of drug-likeness (QED) is 0.421. The zero-order valence-electron chi connectivity index (χ0n) is 13.5. The lowest BCUT2D eigenvalue weighted by Crippen LogP contribution is -1.85. The summed E-state index contributed by atoms with van der Waals surface area (Å²) in [6.07, 6.45) is 16.1. The molecule has 0 spiro atoms. The first-order valence-electron chi connectivity index (χ1n) is 8.45. The molecule has 0 unspecified atom stereocenters. The SMILES string of the molecule is CCCCCCCCCCCCCC#CCC#CC(=O)O. The zero-order chi connectivity index (χ0) is 15.6. The first-order chi connectivity index (χ1) is 10.3. The third kappa shape index (κ3) is 18.6. The fourth-order valence-electron chi connectivity index (χ4n) is 2.19. The van der Waals surface area contributed by atoms with Crippen LogP contribution < -0.4 is 0 Å². The number of carboxylic acid groups (broad SMARTS) is 1. The van der Waals surface area contributed by atoms with E-state index in [2.05, 4.69) is 30.6 Å². The van der Waals surface area contributed by atoms with Crippen LogP contribution in [-0.4, -0.2) is 11.1 Å². The molecule has 118 valence electrons. The Kier molecular flexibility index (Phi) is 15.5. The van der Waals surface area contributed by atoms with Gasteiger partial charge in [0.2, 0.25) is 0 Å². The smallest absolute Gasteiger partial charge is 0.381 e. The van der Waals surface area contributed by atoms with Crippen LogP contribution in [-0.2, 0) is 4.79 Å². The van der Waals surface area contributed by atoms with Crippen molar-refractivity contribution in [1.29, 1.82) is 0 Å². The van der Waals surface area contributed by atoms with E-state index in [0.717, 1.165) is 12.8 Å². The maximum absolute atomic E-state index is 10.1. The number of rotatable bonds is 11. The van der Waals surface area contributed by atoms with E-state index in [1.165, 1.54) is 64.2 Å². The molecular formula is C19H30O2. The van der Waals surface area contributed by atoms with Crippen LogP contribution in [0.1, 0.15) is 90.4 Å². The van der Waals surface area contributed by atoms with Crippen molar-refractivity contribution in [1.82, 2.24) is 0 Å². The molecule has 0 saturated heterocycles. The normalized spacial score (nSPS) is 9.38. The summed E-state index contributed by atoms with van der Waals surface area (Å²) in [4.78, 5) is 10.1. The van der Waals surface area contributed by atoms with Crippen LogP contribution in [0.4, 0.5) is 0 Å².